The van der Waals surface area contributed by atoms with Gasteiger partial charge in [0.25, 0.3) is 0 Å². The van der Waals surface area contributed by atoms with Crippen LogP contribution < -0.4 is 0 Å². The van der Waals surface area contributed by atoms with Crippen molar-refractivity contribution in [1.82, 2.24) is 10.2 Å². The Bertz CT molecular complexity index is 442. The van der Waals surface area contributed by atoms with Gasteiger partial charge in [-0.2, -0.15) is 5.10 Å². The van der Waals surface area contributed by atoms with Gasteiger partial charge in [0.05, 0.1) is 17.5 Å². The molecule has 0 aliphatic heterocycles. The van der Waals surface area contributed by atoms with Crippen LogP contribution in [0.2, 0.25) is 0 Å². The first-order valence-electron chi connectivity index (χ1n) is 4.00. The molecule has 6 heteroatoms. The van der Waals surface area contributed by atoms with Crippen LogP contribution in [0.4, 0.5) is 0 Å². The normalized spacial score (nSPS) is 9.13. The molecule has 0 amide bonds. The number of aromatic amines is 1. The number of nitrogens with zero attached hydrogens (tertiary/aromatic N) is 1. The molecule has 0 aliphatic carbocycles. The van der Waals surface area contributed by atoms with Crippen LogP contribution in [0.15, 0.2) is 6.20 Å². The second-order valence-corrected chi connectivity index (χ2v) is 3.70. The fourth-order valence-corrected chi connectivity index (χ4v) is 1.16. The molecular formula is C9H8N2O3S. The van der Waals surface area contributed by atoms with Crippen LogP contribution in [0.25, 0.3) is 0 Å². The second-order valence-electron chi connectivity index (χ2n) is 2.55. The van der Waals surface area contributed by atoms with Gasteiger partial charge in [0.15, 0.2) is 10.8 Å². The van der Waals surface area contributed by atoms with Gasteiger partial charge >= 0.3 is 5.97 Å². The van der Waals surface area contributed by atoms with E-state index < -0.39 is 5.97 Å². The maximum Gasteiger partial charge on any atom is 0.355 e. The fourth-order valence-electron chi connectivity index (χ4n) is 0.813. The van der Waals surface area contributed by atoms with E-state index >= 15 is 0 Å². The predicted octanol–water partition coefficient (Wildman–Crippen LogP) is 0.739. The number of H-pyrrole nitrogens is 1. The van der Waals surface area contributed by atoms with E-state index in [-0.39, 0.29) is 10.8 Å². The van der Waals surface area contributed by atoms with Crippen molar-refractivity contribution in [2.24, 2.45) is 0 Å². The minimum atomic E-state index is -1.10. The minimum absolute atomic E-state index is 0.0186. The average Bonchev–Trinajstić information content (AvgIpc) is 2.60. The molecular weight excluding hydrogens is 216 g/mol. The molecule has 0 saturated carbocycles. The highest BCUT2D eigenvalue weighted by atomic mass is 32.2. The van der Waals surface area contributed by atoms with Crippen LogP contribution in [0.5, 0.6) is 0 Å². The Kier molecular flexibility index (Phi) is 3.94. The zero-order valence-electron chi connectivity index (χ0n) is 7.90. The van der Waals surface area contributed by atoms with Gasteiger partial charge in [-0.15, -0.1) is 0 Å². The van der Waals surface area contributed by atoms with Gasteiger partial charge in [0.2, 0.25) is 0 Å². The quantitative estimate of drug-likeness (QED) is 0.724. The predicted molar refractivity (Wildman–Crippen MR) is 55.6 cm³/mol. The monoisotopic (exact) mass is 224 g/mol. The Balaban J connectivity index is 2.67. The van der Waals surface area contributed by atoms with E-state index in [1.807, 2.05) is 0 Å². The van der Waals surface area contributed by atoms with E-state index in [9.17, 15) is 9.59 Å². The Morgan fingerprint density at radius 3 is 3.00 bits per heavy atom. The van der Waals surface area contributed by atoms with Crippen molar-refractivity contribution in [3.05, 3.63) is 17.5 Å². The zero-order valence-corrected chi connectivity index (χ0v) is 8.72. The van der Waals surface area contributed by atoms with Crippen LogP contribution in [-0.2, 0) is 4.79 Å². The molecule has 2 N–H and O–H groups in total. The SMILES string of the molecule is CC(=O)SCC#Cc1cn[nH]c1C(=O)O. The Morgan fingerprint density at radius 1 is 1.67 bits per heavy atom. The topological polar surface area (TPSA) is 83.0 Å². The maximum absolute atomic E-state index is 10.6. The van der Waals surface area contributed by atoms with Crippen LogP contribution in [0.3, 0.4) is 0 Å². The van der Waals surface area contributed by atoms with Gasteiger partial charge in [-0.3, -0.25) is 9.89 Å². The van der Waals surface area contributed by atoms with Crippen LogP contribution in [0, 0.1) is 11.8 Å². The summed E-state index contributed by atoms with van der Waals surface area (Å²) in [5.41, 5.74) is 0.293. The summed E-state index contributed by atoms with van der Waals surface area (Å²) in [6.45, 7) is 1.45. The summed E-state index contributed by atoms with van der Waals surface area (Å²) in [7, 11) is 0. The number of carboxylic acid groups (broad SMARTS) is 1. The molecule has 5 nitrogen and oxygen atoms in total. The van der Waals surface area contributed by atoms with Crippen LogP contribution in [0.1, 0.15) is 23.0 Å². The molecule has 1 heterocycles. The molecule has 1 aromatic heterocycles. The third-order valence-corrected chi connectivity index (χ3v) is 2.12. The van der Waals surface area contributed by atoms with Gasteiger partial charge in [-0.1, -0.05) is 23.6 Å². The largest absolute Gasteiger partial charge is 0.476 e. The van der Waals surface area contributed by atoms with E-state index in [2.05, 4.69) is 22.0 Å². The van der Waals surface area contributed by atoms with Crippen molar-refractivity contribution in [1.29, 1.82) is 0 Å². The zero-order chi connectivity index (χ0) is 11.3. The van der Waals surface area contributed by atoms with Crippen LogP contribution >= 0.6 is 11.8 Å². The lowest BCUT2D eigenvalue weighted by Gasteiger charge is -1.87. The molecule has 1 aromatic rings. The Labute approximate surface area is 90.3 Å². The van der Waals surface area contributed by atoms with Crippen molar-refractivity contribution >= 4 is 22.8 Å². The van der Waals surface area contributed by atoms with E-state index in [1.54, 1.807) is 0 Å². The first-order valence-corrected chi connectivity index (χ1v) is 4.98. The molecule has 0 radical (unpaired) electrons. The van der Waals surface area contributed by atoms with Crippen molar-refractivity contribution in [2.75, 3.05) is 5.75 Å². The van der Waals surface area contributed by atoms with Gasteiger partial charge in [-0.05, 0) is 0 Å². The minimum Gasteiger partial charge on any atom is -0.476 e. The van der Waals surface area contributed by atoms with Gasteiger partial charge in [0.1, 0.15) is 0 Å². The fraction of sp³-hybridized carbons (Fsp3) is 0.222. The van der Waals surface area contributed by atoms with E-state index in [4.69, 9.17) is 5.11 Å². The molecule has 0 atom stereocenters. The molecule has 78 valence electrons. The molecule has 0 unspecified atom stereocenters. The van der Waals surface area contributed by atoms with Gasteiger partial charge in [-0.25, -0.2) is 4.79 Å². The summed E-state index contributed by atoms with van der Waals surface area (Å²) in [6.07, 6.45) is 1.34. The highest BCUT2D eigenvalue weighted by Gasteiger charge is 2.09. The Hall–Kier alpha value is -1.74. The number of nitrogens with one attached hydrogen (secondary N) is 1. The number of carbonyl (C=O) groups excluding carboxylic acids is 1. The van der Waals surface area contributed by atoms with Gasteiger partial charge in [0, 0.05) is 6.92 Å². The third kappa shape index (κ3) is 3.48. The molecule has 0 aliphatic rings. The highest BCUT2D eigenvalue weighted by molar-refractivity contribution is 8.13. The molecule has 0 aromatic carbocycles. The lowest BCUT2D eigenvalue weighted by molar-refractivity contribution is -0.109. The van der Waals surface area contributed by atoms with Crippen molar-refractivity contribution in [3.63, 3.8) is 0 Å². The summed E-state index contributed by atoms with van der Waals surface area (Å²) in [6, 6.07) is 0. The van der Waals surface area contributed by atoms with Crippen molar-refractivity contribution < 1.29 is 14.7 Å². The molecule has 0 saturated heterocycles. The first kappa shape index (κ1) is 11.3. The van der Waals surface area contributed by atoms with Crippen LogP contribution in [-0.4, -0.2) is 32.1 Å². The number of hydrogen-bond donors (Lipinski definition) is 2. The summed E-state index contributed by atoms with van der Waals surface area (Å²) in [5.74, 6) is 4.56. The first-order chi connectivity index (χ1) is 7.11. The molecule has 1 rings (SSSR count). The number of hydrogen-bond acceptors (Lipinski definition) is 4. The summed E-state index contributed by atoms with van der Waals surface area (Å²) in [4.78, 5) is 21.2. The highest BCUT2D eigenvalue weighted by Crippen LogP contribution is 2.03. The maximum atomic E-state index is 10.6. The number of thioether (sulfide) groups is 1. The third-order valence-electron chi connectivity index (χ3n) is 1.42. The standard InChI is InChI=1S/C9H8N2O3S/c1-6(12)15-4-2-3-7-5-10-11-8(7)9(13)14/h5H,4H2,1H3,(H,10,11)(H,13,14). The number of aromatic nitrogens is 2. The van der Waals surface area contributed by atoms with E-state index in [1.165, 1.54) is 13.1 Å². The molecule has 0 spiro atoms. The van der Waals surface area contributed by atoms with Crippen molar-refractivity contribution in [3.8, 4) is 11.8 Å². The number of carboxylic acids is 1. The summed E-state index contributed by atoms with van der Waals surface area (Å²) < 4.78 is 0. The molecule has 0 bridgehead atoms. The van der Waals surface area contributed by atoms with Crippen molar-refractivity contribution in [2.45, 2.75) is 6.92 Å². The number of aromatic carboxylic acids is 1. The average molecular weight is 224 g/mol. The molecule has 0 fully saturated rings. The number of carbonyl (C=O) groups is 2. The summed E-state index contributed by atoms with van der Waals surface area (Å²) in [5, 5.41) is 14.6. The lowest BCUT2D eigenvalue weighted by Crippen LogP contribution is -1.99. The van der Waals surface area contributed by atoms with E-state index in [0.717, 1.165) is 11.8 Å². The molecule has 15 heavy (non-hydrogen) atoms. The van der Waals surface area contributed by atoms with Gasteiger partial charge < -0.3 is 5.11 Å². The second kappa shape index (κ2) is 5.22. The smallest absolute Gasteiger partial charge is 0.355 e. The summed E-state index contributed by atoms with van der Waals surface area (Å²) >= 11 is 1.08. The lowest BCUT2D eigenvalue weighted by atomic mass is 10.2. The Morgan fingerprint density at radius 2 is 2.40 bits per heavy atom. The number of rotatable bonds is 2. The van der Waals surface area contributed by atoms with E-state index in [0.29, 0.717) is 11.3 Å².